The molecule has 1 fully saturated rings. The zero-order chi connectivity index (χ0) is 15.4. The first-order chi connectivity index (χ1) is 10.1. The number of carbonyl (C=O) groups is 1. The Morgan fingerprint density at radius 3 is 2.62 bits per heavy atom. The zero-order valence-corrected chi connectivity index (χ0v) is 14.5. The third-order valence-electron chi connectivity index (χ3n) is 4.65. The van der Waals surface area contributed by atoms with E-state index in [1.54, 1.807) is 11.3 Å². The molecule has 2 heterocycles. The average molecular weight is 308 g/mol. The van der Waals surface area contributed by atoms with E-state index in [0.717, 1.165) is 25.7 Å². The SMILES string of the molecule is CCCC(CC)N1C(=O)C(C(C)CC)NC1c1cccs1. The lowest BCUT2D eigenvalue weighted by Crippen LogP contribution is -2.40. The quantitative estimate of drug-likeness (QED) is 0.820. The molecular weight excluding hydrogens is 280 g/mol. The van der Waals surface area contributed by atoms with E-state index in [4.69, 9.17) is 0 Å². The van der Waals surface area contributed by atoms with Gasteiger partial charge in [-0.05, 0) is 30.2 Å². The molecule has 1 aliphatic heterocycles. The van der Waals surface area contributed by atoms with E-state index in [-0.39, 0.29) is 12.2 Å². The lowest BCUT2D eigenvalue weighted by atomic mass is 9.98. The minimum atomic E-state index is -0.0343. The van der Waals surface area contributed by atoms with Gasteiger partial charge in [0.25, 0.3) is 0 Å². The van der Waals surface area contributed by atoms with Crippen LogP contribution in [0, 0.1) is 5.92 Å². The van der Waals surface area contributed by atoms with Crippen molar-refractivity contribution in [2.45, 2.75) is 71.6 Å². The molecule has 1 aromatic heterocycles. The van der Waals surface area contributed by atoms with Gasteiger partial charge in [0, 0.05) is 10.9 Å². The third kappa shape index (κ3) is 3.32. The minimum Gasteiger partial charge on any atom is -0.318 e. The first-order valence-electron chi connectivity index (χ1n) is 8.25. The van der Waals surface area contributed by atoms with Gasteiger partial charge >= 0.3 is 0 Å². The van der Waals surface area contributed by atoms with Crippen LogP contribution in [-0.4, -0.2) is 22.9 Å². The standard InChI is InChI=1S/C17H28N2OS/c1-5-9-13(7-3)19-16(14-10-8-11-21-14)18-15(17(19)20)12(4)6-2/h8,10-13,15-16,18H,5-7,9H2,1-4H3. The van der Waals surface area contributed by atoms with Crippen molar-refractivity contribution in [3.63, 3.8) is 0 Å². The number of amides is 1. The van der Waals surface area contributed by atoms with E-state index < -0.39 is 0 Å². The number of nitrogens with zero attached hydrogens (tertiary/aromatic N) is 1. The second-order valence-electron chi connectivity index (χ2n) is 6.04. The van der Waals surface area contributed by atoms with Crippen LogP contribution >= 0.6 is 11.3 Å². The van der Waals surface area contributed by atoms with Gasteiger partial charge in [0.05, 0.1) is 6.04 Å². The molecule has 0 bridgehead atoms. The van der Waals surface area contributed by atoms with Crippen LogP contribution in [0.15, 0.2) is 17.5 Å². The fourth-order valence-electron chi connectivity index (χ4n) is 3.18. The maximum atomic E-state index is 13.0. The summed E-state index contributed by atoms with van der Waals surface area (Å²) in [7, 11) is 0. The van der Waals surface area contributed by atoms with Crippen molar-refractivity contribution in [3.8, 4) is 0 Å². The summed E-state index contributed by atoms with van der Waals surface area (Å²) in [4.78, 5) is 16.3. The Kier molecular flexibility index (Phi) is 5.82. The van der Waals surface area contributed by atoms with Gasteiger partial charge in [-0.1, -0.05) is 46.6 Å². The zero-order valence-electron chi connectivity index (χ0n) is 13.6. The number of nitrogens with one attached hydrogen (secondary N) is 1. The van der Waals surface area contributed by atoms with Crippen LogP contribution in [0.4, 0.5) is 0 Å². The van der Waals surface area contributed by atoms with Gasteiger partial charge in [-0.3, -0.25) is 10.1 Å². The number of carbonyl (C=O) groups excluding carboxylic acids is 1. The molecule has 21 heavy (non-hydrogen) atoms. The Morgan fingerprint density at radius 1 is 1.33 bits per heavy atom. The maximum Gasteiger partial charge on any atom is 0.241 e. The van der Waals surface area contributed by atoms with Gasteiger partial charge in [0.2, 0.25) is 5.91 Å². The minimum absolute atomic E-state index is 0.0343. The topological polar surface area (TPSA) is 32.3 Å². The van der Waals surface area contributed by atoms with E-state index >= 15 is 0 Å². The summed E-state index contributed by atoms with van der Waals surface area (Å²) in [6.07, 6.45) is 4.31. The molecule has 118 valence electrons. The highest BCUT2D eigenvalue weighted by Crippen LogP contribution is 2.34. The van der Waals surface area contributed by atoms with E-state index in [1.165, 1.54) is 4.88 Å². The summed E-state index contributed by atoms with van der Waals surface area (Å²) in [5.74, 6) is 0.673. The first-order valence-corrected chi connectivity index (χ1v) is 9.13. The smallest absolute Gasteiger partial charge is 0.241 e. The average Bonchev–Trinajstić information content (AvgIpc) is 3.12. The van der Waals surface area contributed by atoms with Crippen LogP contribution in [0.3, 0.4) is 0 Å². The van der Waals surface area contributed by atoms with Crippen LogP contribution in [0.2, 0.25) is 0 Å². The molecule has 1 aromatic rings. The molecule has 4 heteroatoms. The molecule has 4 atom stereocenters. The van der Waals surface area contributed by atoms with Crippen molar-refractivity contribution in [3.05, 3.63) is 22.4 Å². The molecule has 1 N–H and O–H groups in total. The third-order valence-corrected chi connectivity index (χ3v) is 5.57. The van der Waals surface area contributed by atoms with Gasteiger partial charge in [0.15, 0.2) is 0 Å². The molecule has 0 aromatic carbocycles. The molecule has 4 unspecified atom stereocenters. The Balaban J connectivity index is 2.29. The number of hydrogen-bond donors (Lipinski definition) is 1. The molecule has 0 saturated carbocycles. The van der Waals surface area contributed by atoms with E-state index in [2.05, 4.69) is 55.4 Å². The summed E-state index contributed by atoms with van der Waals surface area (Å²) in [6, 6.07) is 4.52. The Morgan fingerprint density at radius 2 is 2.10 bits per heavy atom. The van der Waals surface area contributed by atoms with Gasteiger partial charge in [0.1, 0.15) is 6.17 Å². The first kappa shape index (κ1) is 16.5. The molecule has 1 aliphatic rings. The van der Waals surface area contributed by atoms with Crippen molar-refractivity contribution < 1.29 is 4.79 Å². The fraction of sp³-hybridized carbons (Fsp3) is 0.706. The largest absolute Gasteiger partial charge is 0.318 e. The highest BCUT2D eigenvalue weighted by atomic mass is 32.1. The van der Waals surface area contributed by atoms with Gasteiger partial charge < -0.3 is 4.90 Å². The van der Waals surface area contributed by atoms with Crippen LogP contribution in [0.25, 0.3) is 0 Å². The van der Waals surface area contributed by atoms with Crippen molar-refractivity contribution in [2.24, 2.45) is 5.92 Å². The normalized spacial score (nSPS) is 25.3. The Hall–Kier alpha value is -0.870. The second-order valence-corrected chi connectivity index (χ2v) is 7.02. The molecule has 0 radical (unpaired) electrons. The lowest BCUT2D eigenvalue weighted by Gasteiger charge is -2.31. The molecule has 1 saturated heterocycles. The fourth-order valence-corrected chi connectivity index (χ4v) is 3.96. The molecule has 0 aliphatic carbocycles. The molecular formula is C17H28N2OS. The van der Waals surface area contributed by atoms with E-state index in [1.807, 2.05) is 0 Å². The molecule has 3 nitrogen and oxygen atoms in total. The number of hydrogen-bond acceptors (Lipinski definition) is 3. The van der Waals surface area contributed by atoms with Crippen molar-refractivity contribution in [2.75, 3.05) is 0 Å². The summed E-state index contributed by atoms with van der Waals surface area (Å²) in [6.45, 7) is 8.72. The predicted molar refractivity (Wildman–Crippen MR) is 89.3 cm³/mol. The van der Waals surface area contributed by atoms with Gasteiger partial charge in [-0.2, -0.15) is 0 Å². The van der Waals surface area contributed by atoms with E-state index in [0.29, 0.717) is 17.9 Å². The van der Waals surface area contributed by atoms with Gasteiger partial charge in [-0.25, -0.2) is 0 Å². The van der Waals surface area contributed by atoms with Gasteiger partial charge in [-0.15, -0.1) is 11.3 Å². The number of rotatable bonds is 7. The summed E-state index contributed by atoms with van der Waals surface area (Å²) < 4.78 is 0. The summed E-state index contributed by atoms with van der Waals surface area (Å²) in [5, 5.41) is 5.70. The monoisotopic (exact) mass is 308 g/mol. The van der Waals surface area contributed by atoms with Crippen molar-refractivity contribution >= 4 is 17.2 Å². The molecule has 1 amide bonds. The highest BCUT2D eigenvalue weighted by Gasteiger charge is 2.44. The second kappa shape index (κ2) is 7.41. The Labute approximate surface area is 132 Å². The molecule has 2 rings (SSSR count). The van der Waals surface area contributed by atoms with Crippen LogP contribution in [-0.2, 0) is 4.79 Å². The maximum absolute atomic E-state index is 13.0. The van der Waals surface area contributed by atoms with Crippen molar-refractivity contribution in [1.82, 2.24) is 10.2 Å². The summed E-state index contributed by atoms with van der Waals surface area (Å²) >= 11 is 1.74. The van der Waals surface area contributed by atoms with Crippen LogP contribution in [0.1, 0.15) is 64.4 Å². The molecule has 0 spiro atoms. The lowest BCUT2D eigenvalue weighted by molar-refractivity contribution is -0.133. The summed E-state index contributed by atoms with van der Waals surface area (Å²) in [5.41, 5.74) is 0. The van der Waals surface area contributed by atoms with Crippen LogP contribution < -0.4 is 5.32 Å². The van der Waals surface area contributed by atoms with E-state index in [9.17, 15) is 4.79 Å². The predicted octanol–water partition coefficient (Wildman–Crippen LogP) is 4.17. The number of thiophene rings is 1. The van der Waals surface area contributed by atoms with Crippen LogP contribution in [0.5, 0.6) is 0 Å². The Bertz CT molecular complexity index is 446. The highest BCUT2D eigenvalue weighted by molar-refractivity contribution is 7.10. The van der Waals surface area contributed by atoms with Crippen molar-refractivity contribution in [1.29, 1.82) is 0 Å².